The van der Waals surface area contributed by atoms with Crippen LogP contribution in [0.2, 0.25) is 13.1 Å². The van der Waals surface area contributed by atoms with Gasteiger partial charge in [-0.2, -0.15) is 0 Å². The molecule has 0 fully saturated rings. The van der Waals surface area contributed by atoms with Gasteiger partial charge in [0.25, 0.3) is 0 Å². The minimum Gasteiger partial charge on any atom is -1.00 e. The number of hydrogen-bond acceptors (Lipinski definition) is 0. The smallest absolute Gasteiger partial charge is 1.00 e. The van der Waals surface area contributed by atoms with Crippen molar-refractivity contribution < 1.29 is 45.4 Å². The fourth-order valence-electron chi connectivity index (χ4n) is 4.61. The van der Waals surface area contributed by atoms with Crippen molar-refractivity contribution in [2.24, 2.45) is 0 Å². The summed E-state index contributed by atoms with van der Waals surface area (Å²) in [5, 5.41) is 0. The summed E-state index contributed by atoms with van der Waals surface area (Å²) in [6.45, 7) is 9.87. The van der Waals surface area contributed by atoms with E-state index in [1.807, 2.05) is 0 Å². The Bertz CT molecular complexity index is 790. The first kappa shape index (κ1) is 21.9. The van der Waals surface area contributed by atoms with Gasteiger partial charge in [-0.25, -0.2) is 0 Å². The average Bonchev–Trinajstić information content (AvgIpc) is 3.14. The van der Waals surface area contributed by atoms with E-state index in [0.717, 1.165) is 7.35 Å². The van der Waals surface area contributed by atoms with Crippen LogP contribution in [0.1, 0.15) is 40.7 Å². The van der Waals surface area contributed by atoms with Crippen LogP contribution in [0.3, 0.4) is 0 Å². The van der Waals surface area contributed by atoms with Crippen molar-refractivity contribution in [3.63, 3.8) is 0 Å². The molecule has 0 saturated heterocycles. The Morgan fingerprint density at radius 3 is 1.54 bits per heavy atom. The molecule has 26 heavy (non-hydrogen) atoms. The number of hydrogen-bond donors (Lipinski definition) is 0. The fourth-order valence-corrected chi connectivity index (χ4v) is 35.0. The van der Waals surface area contributed by atoms with Gasteiger partial charge in [0.05, 0.1) is 0 Å². The fraction of sp³-hybridized carbons (Fsp3) is 0.273. The van der Waals surface area contributed by atoms with Crippen LogP contribution in [0.4, 0.5) is 0 Å². The van der Waals surface area contributed by atoms with E-state index in [1.165, 1.54) is 22.3 Å². The van der Waals surface area contributed by atoms with E-state index in [0.29, 0.717) is 0 Å². The van der Waals surface area contributed by atoms with Gasteiger partial charge in [0.2, 0.25) is 0 Å². The molecule has 4 heteroatoms. The summed E-state index contributed by atoms with van der Waals surface area (Å²) in [5.74, 6) is -0.640. The molecular weight excluding hydrogens is 542 g/mol. The molecule has 2 aliphatic rings. The van der Waals surface area contributed by atoms with Gasteiger partial charge in [-0.1, -0.05) is 0 Å². The second kappa shape index (κ2) is 8.73. The molecule has 0 heterocycles. The van der Waals surface area contributed by atoms with E-state index in [-0.39, 0.29) is 24.8 Å². The third-order valence-electron chi connectivity index (χ3n) is 5.66. The molecule has 4 rings (SSSR count). The van der Waals surface area contributed by atoms with Crippen molar-refractivity contribution in [2.75, 3.05) is 0 Å². The molecule has 2 aromatic carbocycles. The molecule has 2 atom stereocenters. The van der Waals surface area contributed by atoms with Crippen LogP contribution in [0.5, 0.6) is 0 Å². The van der Waals surface area contributed by atoms with Gasteiger partial charge in [0.1, 0.15) is 0 Å². The SMILES string of the molecule is Cc1cccc2c1[CH]([Hf+2]([CH]1C=Cc3cccc(C)c31)[SiH](C)C)C=C2.[Cl-].[Cl-]. The topological polar surface area (TPSA) is 0 Å². The van der Waals surface area contributed by atoms with Crippen LogP contribution in [0, 0.1) is 13.8 Å². The molecule has 0 saturated carbocycles. The van der Waals surface area contributed by atoms with Crippen LogP contribution < -0.4 is 24.8 Å². The Labute approximate surface area is 178 Å². The first-order valence-corrected chi connectivity index (χ1v) is 22.3. The zero-order valence-electron chi connectivity index (χ0n) is 15.8. The number of halogens is 2. The number of allylic oxidation sites excluding steroid dienone is 2. The molecular formula is C22H25Cl2HfSi. The molecule has 0 aromatic heterocycles. The maximum atomic E-state index is 2.62. The molecule has 0 spiro atoms. The largest absolute Gasteiger partial charge is 1.00 e. The van der Waals surface area contributed by atoms with Crippen molar-refractivity contribution in [1.29, 1.82) is 0 Å². The average molecular weight is 567 g/mol. The monoisotopic (exact) mass is 567 g/mol. The van der Waals surface area contributed by atoms with Crippen molar-refractivity contribution in [1.82, 2.24) is 0 Å². The second-order valence-corrected chi connectivity index (χ2v) is 35.8. The molecule has 135 valence electrons. The zero-order chi connectivity index (χ0) is 16.8. The molecule has 2 unspecified atom stereocenters. The van der Waals surface area contributed by atoms with Crippen molar-refractivity contribution in [3.8, 4) is 0 Å². The van der Waals surface area contributed by atoms with Gasteiger partial charge in [0.15, 0.2) is 0 Å². The normalized spacial score (nSPS) is 19.0. The number of benzene rings is 2. The quantitative estimate of drug-likeness (QED) is 0.450. The Kier molecular flexibility index (Phi) is 7.35. The van der Waals surface area contributed by atoms with Gasteiger partial charge in [-0.3, -0.25) is 0 Å². The van der Waals surface area contributed by atoms with Crippen LogP contribution in [-0.2, 0) is 20.6 Å². The second-order valence-electron chi connectivity index (χ2n) is 7.48. The van der Waals surface area contributed by atoms with Gasteiger partial charge < -0.3 is 24.8 Å². The molecule has 0 nitrogen and oxygen atoms in total. The number of fused-ring (bicyclic) bond motifs is 2. The van der Waals surface area contributed by atoms with E-state index in [1.54, 1.807) is 11.1 Å². The van der Waals surface area contributed by atoms with Gasteiger partial charge in [0, 0.05) is 0 Å². The van der Waals surface area contributed by atoms with Gasteiger partial charge in [-0.15, -0.1) is 0 Å². The van der Waals surface area contributed by atoms with Crippen molar-refractivity contribution >= 4 is 18.1 Å². The van der Waals surface area contributed by atoms with Crippen molar-refractivity contribution in [3.05, 3.63) is 81.9 Å². The summed E-state index contributed by atoms with van der Waals surface area (Å²) in [7, 11) is 0. The zero-order valence-corrected chi connectivity index (χ0v) is 22.0. The maximum absolute atomic E-state index is 2.62. The summed E-state index contributed by atoms with van der Waals surface area (Å²) < 4.78 is 1.58. The molecule has 2 aromatic rings. The Balaban J connectivity index is 0.00000121. The van der Waals surface area contributed by atoms with E-state index >= 15 is 0 Å². The third-order valence-corrected chi connectivity index (χ3v) is 35.9. The summed E-state index contributed by atoms with van der Waals surface area (Å²) in [4.78, 5) is 0. The molecule has 0 bridgehead atoms. The van der Waals surface area contributed by atoms with E-state index < -0.39 is 26.6 Å². The van der Waals surface area contributed by atoms with E-state index in [9.17, 15) is 0 Å². The Morgan fingerprint density at radius 2 is 1.15 bits per heavy atom. The standard InChI is InChI=1S/2C10H9.C2H7Si.2ClH.Hf/c2*1-8-4-2-5-9-6-3-7-10(8)9;1-3-2;;;/h2*2-7H,1H3;3H,1-2H3;2*1H;/q;;;;;+2/p-2. The summed E-state index contributed by atoms with van der Waals surface area (Å²) in [6.07, 6.45) is 9.98. The first-order chi connectivity index (χ1) is 11.6. The van der Waals surface area contributed by atoms with Crippen LogP contribution in [-0.4, -0.2) is 5.98 Å². The minimum absolute atomic E-state index is 0. The third kappa shape index (κ3) is 3.63. The molecule has 0 radical (unpaired) electrons. The summed E-state index contributed by atoms with van der Waals surface area (Å²) in [5.41, 5.74) is 9.35. The van der Waals surface area contributed by atoms with Gasteiger partial charge >= 0.3 is 155 Å². The van der Waals surface area contributed by atoms with Crippen molar-refractivity contribution in [2.45, 2.75) is 34.3 Å². The molecule has 0 amide bonds. The minimum atomic E-state index is -1.89. The molecule has 0 aliphatic heterocycles. The predicted octanol–water partition coefficient (Wildman–Crippen LogP) is -0.251. The van der Waals surface area contributed by atoms with Gasteiger partial charge in [-0.05, 0) is 0 Å². The summed E-state index contributed by atoms with van der Waals surface area (Å²) in [6, 6.07) is 13.7. The maximum Gasteiger partial charge on any atom is -1.00 e. The first-order valence-electron chi connectivity index (χ1n) is 9.00. The molecule has 2 aliphatic carbocycles. The summed E-state index contributed by atoms with van der Waals surface area (Å²) >= 11 is -1.89. The van der Waals surface area contributed by atoms with Crippen LogP contribution in [0.15, 0.2) is 48.6 Å². The Hall–Kier alpha value is -0.413. The van der Waals surface area contributed by atoms with E-state index in [2.05, 4.69) is 87.6 Å². The molecule has 0 N–H and O–H groups in total. The number of aryl methyl sites for hydroxylation is 2. The number of rotatable bonds is 3. The van der Waals surface area contributed by atoms with Crippen LogP contribution >= 0.6 is 0 Å². The Morgan fingerprint density at radius 1 is 0.731 bits per heavy atom. The van der Waals surface area contributed by atoms with E-state index in [4.69, 9.17) is 0 Å². The van der Waals surface area contributed by atoms with Crippen LogP contribution in [0.25, 0.3) is 12.2 Å². The predicted molar refractivity (Wildman–Crippen MR) is 105 cm³/mol.